The Morgan fingerprint density at radius 3 is 2.44 bits per heavy atom. The molecule has 0 amide bonds. The van der Waals surface area contributed by atoms with Crippen LogP contribution >= 0.6 is 24.0 Å². The highest BCUT2D eigenvalue weighted by molar-refractivity contribution is 14.0. The summed E-state index contributed by atoms with van der Waals surface area (Å²) in [5.74, 6) is 3.13. The van der Waals surface area contributed by atoms with E-state index in [1.165, 1.54) is 0 Å². The number of aliphatic imine (C=N–C) groups is 1. The molecule has 0 aromatic carbocycles. The molecule has 2 aromatic heterocycles. The van der Waals surface area contributed by atoms with Crippen molar-refractivity contribution in [3.8, 4) is 0 Å². The molecule has 0 aliphatic carbocycles. The summed E-state index contributed by atoms with van der Waals surface area (Å²) in [6.45, 7) is 11.8. The van der Waals surface area contributed by atoms with Gasteiger partial charge in [-0.1, -0.05) is 19.0 Å². The van der Waals surface area contributed by atoms with Crippen molar-refractivity contribution in [1.82, 2.24) is 20.8 Å². The maximum absolute atomic E-state index is 5.58. The Morgan fingerprint density at radius 1 is 1.12 bits per heavy atom. The van der Waals surface area contributed by atoms with Crippen LogP contribution in [0.25, 0.3) is 0 Å². The minimum absolute atomic E-state index is 0. The van der Waals surface area contributed by atoms with Crippen LogP contribution in [0.5, 0.6) is 0 Å². The van der Waals surface area contributed by atoms with Crippen molar-refractivity contribution >= 4 is 29.9 Å². The van der Waals surface area contributed by atoms with E-state index in [0.717, 1.165) is 53.8 Å². The summed E-state index contributed by atoms with van der Waals surface area (Å²) in [6, 6.07) is 0. The molecule has 0 aliphatic heterocycles. The minimum Gasteiger partial charge on any atom is -0.444 e. The monoisotopic (exact) mass is 461 g/mol. The maximum Gasteiger partial charge on any atom is 0.214 e. The molecule has 0 atom stereocenters. The molecule has 7 nitrogen and oxygen atoms in total. The Kier molecular flexibility index (Phi) is 8.95. The second-order valence-electron chi connectivity index (χ2n) is 5.54. The highest BCUT2D eigenvalue weighted by Gasteiger charge is 2.13. The van der Waals surface area contributed by atoms with Crippen molar-refractivity contribution in [2.75, 3.05) is 6.54 Å². The number of nitrogens with one attached hydrogen (secondary N) is 2. The lowest BCUT2D eigenvalue weighted by molar-refractivity contribution is 0.380. The van der Waals surface area contributed by atoms with Gasteiger partial charge in [-0.25, -0.2) is 9.98 Å². The van der Waals surface area contributed by atoms with Crippen LogP contribution in [0.1, 0.15) is 55.1 Å². The number of halogens is 1. The number of nitrogens with zero attached hydrogens (tertiary/aromatic N) is 3. The van der Waals surface area contributed by atoms with E-state index in [1.807, 2.05) is 20.8 Å². The Morgan fingerprint density at radius 2 is 1.88 bits per heavy atom. The molecule has 0 unspecified atom stereocenters. The molecule has 0 radical (unpaired) electrons. The summed E-state index contributed by atoms with van der Waals surface area (Å²) in [5, 5.41) is 10.6. The van der Waals surface area contributed by atoms with E-state index in [9.17, 15) is 0 Å². The van der Waals surface area contributed by atoms with Crippen LogP contribution in [-0.2, 0) is 25.9 Å². The average Bonchev–Trinajstić information content (AvgIpc) is 3.12. The van der Waals surface area contributed by atoms with Gasteiger partial charge in [-0.15, -0.1) is 24.0 Å². The van der Waals surface area contributed by atoms with Crippen LogP contribution in [0, 0.1) is 13.8 Å². The summed E-state index contributed by atoms with van der Waals surface area (Å²) in [6.07, 6.45) is 1.66. The molecule has 2 rings (SSSR count). The zero-order valence-electron chi connectivity index (χ0n) is 15.6. The van der Waals surface area contributed by atoms with E-state index in [2.05, 4.69) is 39.6 Å². The number of guanidine groups is 1. The first-order chi connectivity index (χ1) is 11.6. The van der Waals surface area contributed by atoms with Gasteiger partial charge in [0.05, 0.1) is 24.5 Å². The Labute approximate surface area is 166 Å². The third-order valence-electron chi connectivity index (χ3n) is 3.83. The summed E-state index contributed by atoms with van der Waals surface area (Å²) in [5.41, 5.74) is 2.98. The smallest absolute Gasteiger partial charge is 0.214 e. The van der Waals surface area contributed by atoms with Crippen molar-refractivity contribution in [3.05, 3.63) is 34.4 Å². The van der Waals surface area contributed by atoms with Gasteiger partial charge in [0.2, 0.25) is 5.89 Å². The van der Waals surface area contributed by atoms with Gasteiger partial charge in [-0.3, -0.25) is 0 Å². The molecule has 0 bridgehead atoms. The van der Waals surface area contributed by atoms with E-state index in [-0.39, 0.29) is 24.0 Å². The second kappa shape index (κ2) is 10.4. The topological polar surface area (TPSA) is 88.5 Å². The fourth-order valence-electron chi connectivity index (χ4n) is 2.39. The zero-order valence-corrected chi connectivity index (χ0v) is 17.9. The Hall–Kier alpha value is -1.58. The van der Waals surface area contributed by atoms with Crippen molar-refractivity contribution in [1.29, 1.82) is 0 Å². The predicted octanol–water partition coefficient (Wildman–Crippen LogP) is 3.28. The van der Waals surface area contributed by atoms with Crippen molar-refractivity contribution in [2.24, 2.45) is 4.99 Å². The Bertz CT molecular complexity index is 652. The number of aromatic nitrogens is 2. The SMILES string of the molecule is CCNC(=NCc1c(CC)noc1CC)NCc1nc(C)c(C)o1.I. The second-order valence-corrected chi connectivity index (χ2v) is 5.54. The zero-order chi connectivity index (χ0) is 17.5. The first kappa shape index (κ1) is 21.5. The van der Waals surface area contributed by atoms with Gasteiger partial charge in [0.1, 0.15) is 11.5 Å². The fraction of sp³-hybridized carbons (Fsp3) is 0.588. The fourth-order valence-corrected chi connectivity index (χ4v) is 2.39. The largest absolute Gasteiger partial charge is 0.444 e. The first-order valence-corrected chi connectivity index (χ1v) is 8.50. The maximum atomic E-state index is 5.58. The van der Waals surface area contributed by atoms with Crippen LogP contribution in [-0.4, -0.2) is 22.6 Å². The highest BCUT2D eigenvalue weighted by Crippen LogP contribution is 2.16. The third-order valence-corrected chi connectivity index (χ3v) is 3.83. The summed E-state index contributed by atoms with van der Waals surface area (Å²) >= 11 is 0. The molecule has 0 fully saturated rings. The minimum atomic E-state index is 0. The van der Waals surface area contributed by atoms with E-state index in [1.54, 1.807) is 0 Å². The standard InChI is InChI=1S/C17H27N5O2.HI/c1-6-14-13(15(7-2)24-22-14)9-19-17(18-8-3)20-10-16-21-11(4)12(5)23-16;/h6-10H2,1-5H3,(H2,18,19,20);1H. The van der Waals surface area contributed by atoms with Gasteiger partial charge in [0.25, 0.3) is 0 Å². The molecular weight excluding hydrogens is 433 g/mol. The number of aryl methyl sites for hydroxylation is 4. The predicted molar refractivity (Wildman–Crippen MR) is 108 cm³/mol. The van der Waals surface area contributed by atoms with Crippen molar-refractivity contribution in [3.63, 3.8) is 0 Å². The number of hydrogen-bond acceptors (Lipinski definition) is 5. The summed E-state index contributed by atoms with van der Waals surface area (Å²) in [4.78, 5) is 9.01. The van der Waals surface area contributed by atoms with E-state index >= 15 is 0 Å². The molecule has 140 valence electrons. The van der Waals surface area contributed by atoms with Crippen molar-refractivity contribution in [2.45, 2.75) is 60.5 Å². The highest BCUT2D eigenvalue weighted by atomic mass is 127. The molecule has 25 heavy (non-hydrogen) atoms. The van der Waals surface area contributed by atoms with Crippen LogP contribution in [0.3, 0.4) is 0 Å². The molecule has 2 heterocycles. The quantitative estimate of drug-likeness (QED) is 0.374. The lowest BCUT2D eigenvalue weighted by Crippen LogP contribution is -2.36. The lowest BCUT2D eigenvalue weighted by atomic mass is 10.1. The van der Waals surface area contributed by atoms with Crippen molar-refractivity contribution < 1.29 is 8.94 Å². The van der Waals surface area contributed by atoms with Crippen LogP contribution in [0.2, 0.25) is 0 Å². The van der Waals surface area contributed by atoms with Crippen LogP contribution in [0.15, 0.2) is 13.9 Å². The van der Waals surface area contributed by atoms with E-state index in [0.29, 0.717) is 19.0 Å². The average molecular weight is 461 g/mol. The summed E-state index contributed by atoms with van der Waals surface area (Å²) in [7, 11) is 0. The van der Waals surface area contributed by atoms with Gasteiger partial charge < -0.3 is 19.6 Å². The number of oxazole rings is 1. The molecule has 8 heteroatoms. The summed E-state index contributed by atoms with van der Waals surface area (Å²) < 4.78 is 11.0. The molecule has 2 N–H and O–H groups in total. The van der Waals surface area contributed by atoms with Gasteiger partial charge in [-0.05, 0) is 27.2 Å². The first-order valence-electron chi connectivity index (χ1n) is 8.50. The molecule has 2 aromatic rings. The van der Waals surface area contributed by atoms with Gasteiger partial charge >= 0.3 is 0 Å². The Balaban J connectivity index is 0.00000312. The molecule has 0 spiro atoms. The van der Waals surface area contributed by atoms with Crippen LogP contribution < -0.4 is 10.6 Å². The molecular formula is C17H28IN5O2. The van der Waals surface area contributed by atoms with Gasteiger partial charge in [0, 0.05) is 18.5 Å². The van der Waals surface area contributed by atoms with E-state index in [4.69, 9.17) is 8.94 Å². The van der Waals surface area contributed by atoms with Crippen LogP contribution in [0.4, 0.5) is 0 Å². The molecule has 0 aliphatic rings. The molecule has 0 saturated heterocycles. The van der Waals surface area contributed by atoms with E-state index < -0.39 is 0 Å². The van der Waals surface area contributed by atoms with Gasteiger partial charge in [-0.2, -0.15) is 0 Å². The number of rotatable bonds is 7. The van der Waals surface area contributed by atoms with Gasteiger partial charge in [0.15, 0.2) is 5.96 Å². The lowest BCUT2D eigenvalue weighted by Gasteiger charge is -2.09. The normalized spacial score (nSPS) is 11.3. The number of hydrogen-bond donors (Lipinski definition) is 2. The third kappa shape index (κ3) is 5.72. The molecule has 0 saturated carbocycles.